The highest BCUT2D eigenvalue weighted by molar-refractivity contribution is 5.88. The monoisotopic (exact) mass is 296 g/mol. The van der Waals surface area contributed by atoms with E-state index in [1.54, 1.807) is 4.90 Å². The van der Waals surface area contributed by atoms with Gasteiger partial charge in [0.15, 0.2) is 0 Å². The van der Waals surface area contributed by atoms with Crippen LogP contribution in [0.1, 0.15) is 45.4 Å². The minimum Gasteiger partial charge on any atom is -0.481 e. The fourth-order valence-corrected chi connectivity index (χ4v) is 3.82. The van der Waals surface area contributed by atoms with E-state index in [1.165, 1.54) is 0 Å². The third-order valence-corrected chi connectivity index (χ3v) is 4.81. The van der Waals surface area contributed by atoms with Crippen molar-refractivity contribution in [3.05, 3.63) is 0 Å². The van der Waals surface area contributed by atoms with Crippen LogP contribution < -0.4 is 5.73 Å². The summed E-state index contributed by atoms with van der Waals surface area (Å²) >= 11 is 0. The van der Waals surface area contributed by atoms with Gasteiger partial charge in [-0.2, -0.15) is 0 Å². The number of hydrogen-bond acceptors (Lipinski definition) is 3. The number of carboxylic acid groups (broad SMARTS) is 1. The van der Waals surface area contributed by atoms with Crippen LogP contribution in [0.3, 0.4) is 0 Å². The molecular weight excluding hydrogens is 272 g/mol. The number of amides is 2. The molecule has 21 heavy (non-hydrogen) atoms. The third-order valence-electron chi connectivity index (χ3n) is 4.81. The van der Waals surface area contributed by atoms with Gasteiger partial charge in [-0.3, -0.25) is 14.4 Å². The standard InChI is InChI=1S/C15H24N2O4/c1-9-6-11(12(7-9)15(20)21)14(19)17(8-13(16)18)10-4-2-3-5-10/h9-12H,2-8H2,1H3,(H2,16,18)(H,20,21)/t9?,11-,12+/m0/s1. The van der Waals surface area contributed by atoms with Crippen LogP contribution in [0.5, 0.6) is 0 Å². The Hall–Kier alpha value is -1.59. The van der Waals surface area contributed by atoms with Crippen molar-refractivity contribution >= 4 is 17.8 Å². The van der Waals surface area contributed by atoms with E-state index in [4.69, 9.17) is 5.73 Å². The lowest BCUT2D eigenvalue weighted by Crippen LogP contribution is -2.48. The molecule has 0 heterocycles. The molecule has 0 aliphatic heterocycles. The minimum atomic E-state index is -0.914. The Bertz CT molecular complexity index is 431. The first-order valence-corrected chi connectivity index (χ1v) is 7.71. The van der Waals surface area contributed by atoms with Crippen molar-refractivity contribution in [3.63, 3.8) is 0 Å². The fraction of sp³-hybridized carbons (Fsp3) is 0.800. The molecule has 0 saturated heterocycles. The first-order chi connectivity index (χ1) is 9.90. The zero-order valence-corrected chi connectivity index (χ0v) is 12.5. The van der Waals surface area contributed by atoms with Gasteiger partial charge in [-0.05, 0) is 31.6 Å². The topological polar surface area (TPSA) is 101 Å². The first-order valence-electron chi connectivity index (χ1n) is 7.71. The molecule has 3 atom stereocenters. The number of aliphatic carboxylic acids is 1. The van der Waals surface area contributed by atoms with Gasteiger partial charge in [0.05, 0.1) is 18.4 Å². The highest BCUT2D eigenvalue weighted by Gasteiger charge is 2.44. The molecule has 2 saturated carbocycles. The fourth-order valence-electron chi connectivity index (χ4n) is 3.82. The summed E-state index contributed by atoms with van der Waals surface area (Å²) < 4.78 is 0. The second-order valence-electron chi connectivity index (χ2n) is 6.50. The van der Waals surface area contributed by atoms with Gasteiger partial charge in [-0.25, -0.2) is 0 Å². The summed E-state index contributed by atoms with van der Waals surface area (Å²) in [6, 6.07) is 0.0374. The van der Waals surface area contributed by atoms with Crippen LogP contribution in [0, 0.1) is 17.8 Å². The summed E-state index contributed by atoms with van der Waals surface area (Å²) in [5.41, 5.74) is 5.27. The quantitative estimate of drug-likeness (QED) is 0.790. The third kappa shape index (κ3) is 3.54. The lowest BCUT2D eigenvalue weighted by molar-refractivity contribution is -0.150. The molecule has 0 bridgehead atoms. The molecule has 6 heteroatoms. The molecule has 2 aliphatic rings. The maximum Gasteiger partial charge on any atom is 0.307 e. The summed E-state index contributed by atoms with van der Waals surface area (Å²) in [5, 5.41) is 9.32. The molecule has 0 radical (unpaired) electrons. The van der Waals surface area contributed by atoms with Gasteiger partial charge < -0.3 is 15.7 Å². The summed E-state index contributed by atoms with van der Waals surface area (Å²) in [7, 11) is 0. The zero-order valence-electron chi connectivity index (χ0n) is 12.5. The van der Waals surface area contributed by atoms with Crippen molar-refractivity contribution in [2.24, 2.45) is 23.5 Å². The van der Waals surface area contributed by atoms with Gasteiger partial charge in [0, 0.05) is 6.04 Å². The minimum absolute atomic E-state index is 0.0374. The van der Waals surface area contributed by atoms with Gasteiger partial charge >= 0.3 is 5.97 Å². The molecular formula is C15H24N2O4. The molecule has 0 aromatic heterocycles. The van der Waals surface area contributed by atoms with Crippen LogP contribution in [0.25, 0.3) is 0 Å². The van der Waals surface area contributed by atoms with Crippen molar-refractivity contribution in [1.29, 1.82) is 0 Å². The van der Waals surface area contributed by atoms with Crippen LogP contribution in [-0.4, -0.2) is 40.4 Å². The predicted octanol–water partition coefficient (Wildman–Crippen LogP) is 0.990. The van der Waals surface area contributed by atoms with Crippen molar-refractivity contribution in [2.45, 2.75) is 51.5 Å². The molecule has 3 N–H and O–H groups in total. The molecule has 1 unspecified atom stereocenters. The Morgan fingerprint density at radius 2 is 1.71 bits per heavy atom. The average molecular weight is 296 g/mol. The average Bonchev–Trinajstić information content (AvgIpc) is 3.03. The number of carboxylic acids is 1. The zero-order chi connectivity index (χ0) is 15.6. The molecule has 2 fully saturated rings. The number of carbonyl (C=O) groups excluding carboxylic acids is 2. The van der Waals surface area contributed by atoms with Crippen LogP contribution in [0.2, 0.25) is 0 Å². The van der Waals surface area contributed by atoms with Crippen LogP contribution in [-0.2, 0) is 14.4 Å². The summed E-state index contributed by atoms with van der Waals surface area (Å²) in [4.78, 5) is 37.0. The Morgan fingerprint density at radius 3 is 2.24 bits per heavy atom. The molecule has 0 aromatic rings. The van der Waals surface area contributed by atoms with Crippen molar-refractivity contribution in [2.75, 3.05) is 6.54 Å². The van der Waals surface area contributed by atoms with Gasteiger partial charge in [0.2, 0.25) is 11.8 Å². The van der Waals surface area contributed by atoms with E-state index in [0.29, 0.717) is 12.8 Å². The normalized spacial score (nSPS) is 29.5. The Balaban J connectivity index is 2.16. The van der Waals surface area contributed by atoms with Crippen LogP contribution in [0.15, 0.2) is 0 Å². The van der Waals surface area contributed by atoms with E-state index in [2.05, 4.69) is 0 Å². The smallest absolute Gasteiger partial charge is 0.307 e. The highest BCUT2D eigenvalue weighted by atomic mass is 16.4. The van der Waals surface area contributed by atoms with Gasteiger partial charge in [-0.15, -0.1) is 0 Å². The number of nitrogens with zero attached hydrogens (tertiary/aromatic N) is 1. The maximum atomic E-state index is 12.8. The number of nitrogens with two attached hydrogens (primary N) is 1. The van der Waals surface area contributed by atoms with E-state index in [9.17, 15) is 19.5 Å². The molecule has 118 valence electrons. The van der Waals surface area contributed by atoms with E-state index in [1.807, 2.05) is 6.92 Å². The lowest BCUT2D eigenvalue weighted by atomic mass is 9.94. The van der Waals surface area contributed by atoms with E-state index >= 15 is 0 Å². The molecule has 0 aromatic carbocycles. The van der Waals surface area contributed by atoms with Crippen molar-refractivity contribution in [1.82, 2.24) is 4.90 Å². The summed E-state index contributed by atoms with van der Waals surface area (Å²) in [5.74, 6) is -2.57. The van der Waals surface area contributed by atoms with Crippen LogP contribution in [0.4, 0.5) is 0 Å². The predicted molar refractivity (Wildman–Crippen MR) is 76.2 cm³/mol. The molecule has 2 rings (SSSR count). The molecule has 0 spiro atoms. The van der Waals surface area contributed by atoms with Gasteiger partial charge in [0.1, 0.15) is 0 Å². The number of carbonyl (C=O) groups is 3. The van der Waals surface area contributed by atoms with Crippen molar-refractivity contribution in [3.8, 4) is 0 Å². The van der Waals surface area contributed by atoms with Crippen molar-refractivity contribution < 1.29 is 19.5 Å². The summed E-state index contributed by atoms with van der Waals surface area (Å²) in [6.45, 7) is 1.87. The maximum absolute atomic E-state index is 12.8. The SMILES string of the molecule is CC1C[C@H](C(=O)N(CC(N)=O)C2CCCC2)[C@H](C(=O)O)C1. The van der Waals surface area contributed by atoms with Gasteiger partial charge in [-0.1, -0.05) is 19.8 Å². The van der Waals surface area contributed by atoms with E-state index in [0.717, 1.165) is 25.7 Å². The Kier molecular flexibility index (Phi) is 4.85. The number of rotatable bonds is 5. The largest absolute Gasteiger partial charge is 0.481 e. The summed E-state index contributed by atoms with van der Waals surface area (Å²) in [6.07, 6.45) is 4.93. The second kappa shape index (κ2) is 6.45. The van der Waals surface area contributed by atoms with Crippen LogP contribution >= 0.6 is 0 Å². The Morgan fingerprint density at radius 1 is 1.14 bits per heavy atom. The Labute approximate surface area is 124 Å². The van der Waals surface area contributed by atoms with E-state index < -0.39 is 23.7 Å². The highest BCUT2D eigenvalue weighted by Crippen LogP contribution is 2.38. The first kappa shape index (κ1) is 15.8. The van der Waals surface area contributed by atoms with E-state index in [-0.39, 0.29) is 24.4 Å². The lowest BCUT2D eigenvalue weighted by Gasteiger charge is -2.31. The number of primary amides is 1. The van der Waals surface area contributed by atoms with Gasteiger partial charge in [0.25, 0.3) is 0 Å². The molecule has 6 nitrogen and oxygen atoms in total. The molecule has 2 amide bonds. The second-order valence-corrected chi connectivity index (χ2v) is 6.50. The molecule has 2 aliphatic carbocycles. The number of hydrogen-bond donors (Lipinski definition) is 2.